The fourth-order valence-corrected chi connectivity index (χ4v) is 12.0. The molecule has 0 radical (unpaired) electrons. The van der Waals surface area contributed by atoms with Gasteiger partial charge in [-0.1, -0.05) is 133 Å². The van der Waals surface area contributed by atoms with Crippen LogP contribution in [-0.2, 0) is 10.8 Å². The SMILES string of the molecule is CCOc1ccc(C2(c3ccc(OCC)cc3)c3cc(-c4ccc(OC)cc4)ccc3-c3ccc(-c4ccc5c(c4)C(CC)(CC)c4cc(-c6ccc7cc(OCCCBr)ccc7c6)ccc4-5)cc32)cc1. The van der Waals surface area contributed by atoms with Crippen molar-refractivity contribution < 1.29 is 18.9 Å². The largest absolute Gasteiger partial charge is 0.497 e. The van der Waals surface area contributed by atoms with Crippen molar-refractivity contribution in [3.8, 4) is 78.6 Å². The molecular formula is C66H59BrO4. The molecule has 0 N–H and O–H groups in total. The lowest BCUT2D eigenvalue weighted by atomic mass is 9.67. The third-order valence-electron chi connectivity index (χ3n) is 15.3. The normalized spacial score (nSPS) is 13.5. The molecule has 354 valence electrons. The summed E-state index contributed by atoms with van der Waals surface area (Å²) in [5.41, 5.74) is 19.2. The standard InChI is InChI=1S/C66H59BrO4/c1-6-65(7-2)61-39-48(44-11-12-46-38-56(71-36-10-35-67)26-15-45(46)37-44)17-31-57(61)58-32-18-49(40-62(58)65)50-19-34-60-59-33-16-47(43-13-24-53(68-5)25-14-43)41-63(59)66(64(60)42-50,51-20-27-54(28-21-51)69-8-3)52-22-29-55(30-23-52)70-9-4/h11-34,37-42H,6-10,35-36H2,1-5H3. The van der Waals surface area contributed by atoms with Crippen LogP contribution in [0.4, 0.5) is 0 Å². The molecule has 2 aliphatic carbocycles. The number of alkyl halides is 1. The van der Waals surface area contributed by atoms with Gasteiger partial charge in [-0.05, 0) is 212 Å². The molecule has 0 unspecified atom stereocenters. The minimum absolute atomic E-state index is 0.131. The van der Waals surface area contributed by atoms with Crippen molar-refractivity contribution in [2.45, 2.75) is 57.8 Å². The second-order valence-corrected chi connectivity index (χ2v) is 19.6. The highest BCUT2D eigenvalue weighted by molar-refractivity contribution is 9.09. The average molecular weight is 996 g/mol. The first-order valence-electron chi connectivity index (χ1n) is 25.3. The molecule has 0 aromatic heterocycles. The van der Waals surface area contributed by atoms with Crippen LogP contribution in [0.1, 0.15) is 80.3 Å². The monoisotopic (exact) mass is 994 g/mol. The Morgan fingerprint density at radius 2 is 0.775 bits per heavy atom. The van der Waals surface area contributed by atoms with Gasteiger partial charge in [-0.15, -0.1) is 0 Å². The summed E-state index contributed by atoms with van der Waals surface area (Å²) < 4.78 is 23.7. The Morgan fingerprint density at radius 3 is 1.25 bits per heavy atom. The third-order valence-corrected chi connectivity index (χ3v) is 15.9. The molecule has 5 heteroatoms. The number of methoxy groups -OCH3 is 1. The number of ether oxygens (including phenoxy) is 4. The van der Waals surface area contributed by atoms with Crippen LogP contribution >= 0.6 is 15.9 Å². The van der Waals surface area contributed by atoms with Gasteiger partial charge in [0.15, 0.2) is 0 Å². The van der Waals surface area contributed by atoms with Crippen molar-refractivity contribution in [2.24, 2.45) is 0 Å². The molecule has 2 aliphatic rings. The Labute approximate surface area is 427 Å². The molecule has 0 fully saturated rings. The van der Waals surface area contributed by atoms with Gasteiger partial charge in [0.2, 0.25) is 0 Å². The Balaban J connectivity index is 1.04. The van der Waals surface area contributed by atoms with Crippen LogP contribution in [0.15, 0.2) is 182 Å². The maximum Gasteiger partial charge on any atom is 0.119 e. The first-order valence-corrected chi connectivity index (χ1v) is 26.4. The molecule has 0 saturated carbocycles. The quantitative estimate of drug-likeness (QED) is 0.0714. The van der Waals surface area contributed by atoms with Crippen LogP contribution in [0.2, 0.25) is 0 Å². The molecule has 0 saturated heterocycles. The molecule has 4 nitrogen and oxygen atoms in total. The van der Waals surface area contributed by atoms with Crippen molar-refractivity contribution in [2.75, 3.05) is 32.3 Å². The van der Waals surface area contributed by atoms with E-state index in [1.54, 1.807) is 7.11 Å². The number of fused-ring (bicyclic) bond motifs is 7. The summed E-state index contributed by atoms with van der Waals surface area (Å²) >= 11 is 3.51. The van der Waals surface area contributed by atoms with Gasteiger partial charge in [0.1, 0.15) is 23.0 Å². The minimum Gasteiger partial charge on any atom is -0.497 e. The zero-order chi connectivity index (χ0) is 48.7. The van der Waals surface area contributed by atoms with Crippen LogP contribution in [0.25, 0.3) is 66.4 Å². The van der Waals surface area contributed by atoms with Crippen LogP contribution in [-0.4, -0.2) is 32.3 Å². The van der Waals surface area contributed by atoms with Crippen molar-refractivity contribution in [1.82, 2.24) is 0 Å². The lowest BCUT2D eigenvalue weighted by molar-refractivity contribution is 0.319. The zero-order valence-electron chi connectivity index (χ0n) is 41.3. The first-order chi connectivity index (χ1) is 34.8. The van der Waals surface area contributed by atoms with Gasteiger partial charge in [0.25, 0.3) is 0 Å². The summed E-state index contributed by atoms with van der Waals surface area (Å²) in [4.78, 5) is 0. The zero-order valence-corrected chi connectivity index (χ0v) is 42.9. The van der Waals surface area contributed by atoms with E-state index in [2.05, 4.69) is 200 Å². The van der Waals surface area contributed by atoms with Crippen LogP contribution in [0, 0.1) is 0 Å². The fraction of sp³-hybridized carbons (Fsp3) is 0.212. The molecular weight excluding hydrogens is 937 g/mol. The lowest BCUT2D eigenvalue weighted by Gasteiger charge is -2.34. The fourth-order valence-electron chi connectivity index (χ4n) is 11.8. The second-order valence-electron chi connectivity index (χ2n) is 18.8. The number of hydrogen-bond acceptors (Lipinski definition) is 4. The molecule has 0 spiro atoms. The van der Waals surface area contributed by atoms with E-state index in [-0.39, 0.29) is 5.41 Å². The number of benzene rings is 9. The maximum absolute atomic E-state index is 6.04. The molecule has 0 amide bonds. The van der Waals surface area contributed by atoms with E-state index in [9.17, 15) is 0 Å². The van der Waals surface area contributed by atoms with Crippen LogP contribution in [0.3, 0.4) is 0 Å². The molecule has 0 aliphatic heterocycles. The second kappa shape index (κ2) is 19.3. The van der Waals surface area contributed by atoms with Gasteiger partial charge >= 0.3 is 0 Å². The van der Waals surface area contributed by atoms with Crippen LogP contribution < -0.4 is 18.9 Å². The average Bonchev–Trinajstić information content (AvgIpc) is 3.87. The molecule has 0 atom stereocenters. The van der Waals surface area contributed by atoms with Gasteiger partial charge < -0.3 is 18.9 Å². The van der Waals surface area contributed by atoms with Gasteiger partial charge in [0.05, 0.1) is 32.3 Å². The maximum atomic E-state index is 6.04. The van der Waals surface area contributed by atoms with E-state index in [1.807, 2.05) is 26.0 Å². The predicted octanol–water partition coefficient (Wildman–Crippen LogP) is 17.3. The first kappa shape index (κ1) is 46.3. The summed E-state index contributed by atoms with van der Waals surface area (Å²) in [5.74, 6) is 3.47. The summed E-state index contributed by atoms with van der Waals surface area (Å²) in [6.45, 7) is 10.7. The molecule has 0 heterocycles. The third kappa shape index (κ3) is 7.90. The van der Waals surface area contributed by atoms with Gasteiger partial charge in [-0.25, -0.2) is 0 Å². The molecule has 9 aromatic carbocycles. The van der Waals surface area contributed by atoms with E-state index < -0.39 is 5.41 Å². The number of rotatable bonds is 16. The molecule has 0 bridgehead atoms. The van der Waals surface area contributed by atoms with E-state index in [0.29, 0.717) is 19.8 Å². The summed E-state index contributed by atoms with van der Waals surface area (Å²) in [7, 11) is 1.71. The van der Waals surface area contributed by atoms with Crippen molar-refractivity contribution in [1.29, 1.82) is 0 Å². The molecule has 71 heavy (non-hydrogen) atoms. The summed E-state index contributed by atoms with van der Waals surface area (Å²) in [5, 5.41) is 3.34. The highest BCUT2D eigenvalue weighted by atomic mass is 79.9. The van der Waals surface area contributed by atoms with Crippen LogP contribution in [0.5, 0.6) is 23.0 Å². The summed E-state index contributed by atoms with van der Waals surface area (Å²) in [6.07, 6.45) is 2.98. The predicted molar refractivity (Wildman–Crippen MR) is 297 cm³/mol. The van der Waals surface area contributed by atoms with Crippen molar-refractivity contribution in [3.63, 3.8) is 0 Å². The van der Waals surface area contributed by atoms with E-state index in [1.165, 1.54) is 88.7 Å². The van der Waals surface area contributed by atoms with Gasteiger partial charge in [0, 0.05) is 10.7 Å². The summed E-state index contributed by atoms with van der Waals surface area (Å²) in [6, 6.07) is 67.8. The smallest absolute Gasteiger partial charge is 0.119 e. The molecule has 9 aromatic rings. The Bertz CT molecular complexity index is 3350. The minimum atomic E-state index is -0.662. The number of hydrogen-bond donors (Lipinski definition) is 0. The Morgan fingerprint density at radius 1 is 0.380 bits per heavy atom. The van der Waals surface area contributed by atoms with Crippen molar-refractivity contribution in [3.05, 3.63) is 215 Å². The highest BCUT2D eigenvalue weighted by Crippen LogP contribution is 2.59. The Kier molecular flexibility index (Phi) is 12.6. The molecule has 11 rings (SSSR count). The van der Waals surface area contributed by atoms with E-state index in [4.69, 9.17) is 18.9 Å². The van der Waals surface area contributed by atoms with Gasteiger partial charge in [-0.3, -0.25) is 0 Å². The highest BCUT2D eigenvalue weighted by Gasteiger charge is 2.47. The van der Waals surface area contributed by atoms with Gasteiger partial charge in [-0.2, -0.15) is 0 Å². The Hall–Kier alpha value is -7.08. The number of halogens is 1. The lowest BCUT2D eigenvalue weighted by Crippen LogP contribution is -2.28. The van der Waals surface area contributed by atoms with E-state index in [0.717, 1.165) is 58.7 Å². The topological polar surface area (TPSA) is 36.9 Å². The van der Waals surface area contributed by atoms with E-state index >= 15 is 0 Å². The van der Waals surface area contributed by atoms with Crippen molar-refractivity contribution >= 4 is 26.7 Å².